The number of carbonyl (C=O) groups is 1. The molecule has 2 fully saturated rings. The van der Waals surface area contributed by atoms with Crippen molar-refractivity contribution in [1.82, 2.24) is 0 Å². The minimum absolute atomic E-state index is 0.293. The third-order valence-corrected chi connectivity index (χ3v) is 3.51. The van der Waals surface area contributed by atoms with Gasteiger partial charge in [-0.15, -0.1) is 0 Å². The zero-order valence-electron chi connectivity index (χ0n) is 10.0. The average molecular weight is 228 g/mol. The summed E-state index contributed by atoms with van der Waals surface area (Å²) < 4.78 is 16.5. The van der Waals surface area contributed by atoms with Gasteiger partial charge in [-0.3, -0.25) is 0 Å². The van der Waals surface area contributed by atoms with E-state index in [9.17, 15) is 4.79 Å². The molecular formula is C12H20O4. The summed E-state index contributed by atoms with van der Waals surface area (Å²) in [5, 5.41) is 0. The van der Waals surface area contributed by atoms with E-state index in [-0.39, 0.29) is 5.97 Å². The standard InChI is InChI=1S/C12H20O4/c1-3-14-11(13)9(2)16-12-7-4-5-10(12)6-8-15-12/h9-10H,3-8H2,1-2H3/t9?,10?,12-/m0/s1. The molecule has 2 rings (SSSR count). The van der Waals surface area contributed by atoms with Crippen LogP contribution in [0.1, 0.15) is 39.5 Å². The highest BCUT2D eigenvalue weighted by Gasteiger charge is 2.50. The van der Waals surface area contributed by atoms with E-state index in [1.165, 1.54) is 0 Å². The van der Waals surface area contributed by atoms with Crippen LogP contribution in [0.2, 0.25) is 0 Å². The Kier molecular flexibility index (Phi) is 3.50. The summed E-state index contributed by atoms with van der Waals surface area (Å²) in [6.45, 7) is 4.68. The number of ether oxygens (including phenoxy) is 3. The van der Waals surface area contributed by atoms with Crippen molar-refractivity contribution in [1.29, 1.82) is 0 Å². The van der Waals surface area contributed by atoms with Gasteiger partial charge in [-0.25, -0.2) is 4.79 Å². The first-order chi connectivity index (χ1) is 7.68. The minimum Gasteiger partial charge on any atom is -0.464 e. The molecule has 1 aliphatic heterocycles. The second-order valence-electron chi connectivity index (χ2n) is 4.55. The predicted molar refractivity (Wildman–Crippen MR) is 57.8 cm³/mol. The number of rotatable bonds is 4. The molecule has 4 nitrogen and oxygen atoms in total. The van der Waals surface area contributed by atoms with Crippen LogP contribution in [0.3, 0.4) is 0 Å². The van der Waals surface area contributed by atoms with Gasteiger partial charge in [0.15, 0.2) is 11.9 Å². The SMILES string of the molecule is CCOC(=O)C(C)O[C@@]12CCCC1CCO2. The molecule has 0 spiro atoms. The van der Waals surface area contributed by atoms with E-state index in [4.69, 9.17) is 14.2 Å². The average Bonchev–Trinajstić information content (AvgIpc) is 2.76. The summed E-state index contributed by atoms with van der Waals surface area (Å²) in [5.74, 6) is -0.325. The van der Waals surface area contributed by atoms with E-state index in [1.54, 1.807) is 13.8 Å². The van der Waals surface area contributed by atoms with Gasteiger partial charge in [-0.1, -0.05) is 0 Å². The highest BCUT2D eigenvalue weighted by Crippen LogP contribution is 2.46. The van der Waals surface area contributed by atoms with Crippen LogP contribution in [0.5, 0.6) is 0 Å². The Hall–Kier alpha value is -0.610. The van der Waals surface area contributed by atoms with Gasteiger partial charge in [0.25, 0.3) is 0 Å². The zero-order valence-corrected chi connectivity index (χ0v) is 10.0. The fourth-order valence-corrected chi connectivity index (χ4v) is 2.74. The second-order valence-corrected chi connectivity index (χ2v) is 4.55. The van der Waals surface area contributed by atoms with Crippen LogP contribution in [-0.2, 0) is 19.0 Å². The molecule has 1 saturated heterocycles. The normalized spacial score (nSPS) is 34.8. The maximum absolute atomic E-state index is 11.5. The third kappa shape index (κ3) is 2.09. The quantitative estimate of drug-likeness (QED) is 0.689. The van der Waals surface area contributed by atoms with Gasteiger partial charge in [-0.05, 0) is 33.1 Å². The summed E-state index contributed by atoms with van der Waals surface area (Å²) in [4.78, 5) is 11.5. The molecule has 0 radical (unpaired) electrons. The van der Waals surface area contributed by atoms with Crippen molar-refractivity contribution in [2.75, 3.05) is 13.2 Å². The van der Waals surface area contributed by atoms with Crippen LogP contribution in [0, 0.1) is 5.92 Å². The van der Waals surface area contributed by atoms with Crippen LogP contribution in [0.15, 0.2) is 0 Å². The van der Waals surface area contributed by atoms with Crippen LogP contribution < -0.4 is 0 Å². The largest absolute Gasteiger partial charge is 0.464 e. The molecule has 1 heterocycles. The molecule has 0 N–H and O–H groups in total. The molecule has 0 aromatic rings. The molecule has 1 saturated carbocycles. The van der Waals surface area contributed by atoms with Gasteiger partial charge in [0, 0.05) is 12.3 Å². The summed E-state index contributed by atoms with van der Waals surface area (Å²) in [6.07, 6.45) is 3.70. The van der Waals surface area contributed by atoms with Gasteiger partial charge in [-0.2, -0.15) is 0 Å². The van der Waals surface area contributed by atoms with E-state index in [0.29, 0.717) is 12.5 Å². The topological polar surface area (TPSA) is 44.8 Å². The van der Waals surface area contributed by atoms with E-state index in [0.717, 1.165) is 32.3 Å². The Morgan fingerprint density at radius 2 is 2.38 bits per heavy atom. The van der Waals surface area contributed by atoms with Crippen molar-refractivity contribution in [3.05, 3.63) is 0 Å². The Morgan fingerprint density at radius 3 is 3.12 bits per heavy atom. The van der Waals surface area contributed by atoms with Crippen molar-refractivity contribution < 1.29 is 19.0 Å². The molecule has 1 aliphatic carbocycles. The number of hydrogen-bond acceptors (Lipinski definition) is 4. The van der Waals surface area contributed by atoms with Crippen molar-refractivity contribution >= 4 is 5.97 Å². The molecule has 92 valence electrons. The number of fused-ring (bicyclic) bond motifs is 1. The van der Waals surface area contributed by atoms with Crippen molar-refractivity contribution in [2.45, 2.75) is 51.4 Å². The maximum Gasteiger partial charge on any atom is 0.335 e. The van der Waals surface area contributed by atoms with E-state index in [1.807, 2.05) is 0 Å². The fourth-order valence-electron chi connectivity index (χ4n) is 2.74. The van der Waals surface area contributed by atoms with Crippen LogP contribution in [0.4, 0.5) is 0 Å². The first-order valence-corrected chi connectivity index (χ1v) is 6.16. The molecular weight excluding hydrogens is 208 g/mol. The van der Waals surface area contributed by atoms with Crippen LogP contribution >= 0.6 is 0 Å². The summed E-state index contributed by atoms with van der Waals surface area (Å²) >= 11 is 0. The predicted octanol–water partition coefficient (Wildman–Crippen LogP) is 1.87. The van der Waals surface area contributed by atoms with Crippen molar-refractivity contribution in [3.8, 4) is 0 Å². The fraction of sp³-hybridized carbons (Fsp3) is 0.917. The number of carbonyl (C=O) groups excluding carboxylic acids is 1. The van der Waals surface area contributed by atoms with Crippen LogP contribution in [-0.4, -0.2) is 31.1 Å². The van der Waals surface area contributed by atoms with Crippen LogP contribution in [0.25, 0.3) is 0 Å². The molecule has 0 aromatic heterocycles. The zero-order chi connectivity index (χ0) is 11.6. The Morgan fingerprint density at radius 1 is 1.56 bits per heavy atom. The molecule has 0 bridgehead atoms. The number of esters is 1. The lowest BCUT2D eigenvalue weighted by Gasteiger charge is -2.31. The Balaban J connectivity index is 1.95. The Labute approximate surface area is 96.2 Å². The van der Waals surface area contributed by atoms with Gasteiger partial charge in [0.05, 0.1) is 13.2 Å². The summed E-state index contributed by atoms with van der Waals surface area (Å²) in [7, 11) is 0. The molecule has 16 heavy (non-hydrogen) atoms. The smallest absolute Gasteiger partial charge is 0.335 e. The van der Waals surface area contributed by atoms with E-state index >= 15 is 0 Å². The highest BCUT2D eigenvalue weighted by atomic mass is 16.7. The lowest BCUT2D eigenvalue weighted by molar-refractivity contribution is -0.245. The van der Waals surface area contributed by atoms with E-state index < -0.39 is 11.9 Å². The minimum atomic E-state index is -0.529. The molecule has 4 heteroatoms. The maximum atomic E-state index is 11.5. The lowest BCUT2D eigenvalue weighted by atomic mass is 10.0. The second kappa shape index (κ2) is 4.72. The third-order valence-electron chi connectivity index (χ3n) is 3.51. The molecule has 2 aliphatic rings. The lowest BCUT2D eigenvalue weighted by Crippen LogP contribution is -2.40. The molecule has 3 atom stereocenters. The summed E-state index contributed by atoms with van der Waals surface area (Å²) in [5.41, 5.74) is 0. The molecule has 0 aromatic carbocycles. The number of hydrogen-bond donors (Lipinski definition) is 0. The van der Waals surface area contributed by atoms with Gasteiger partial charge < -0.3 is 14.2 Å². The molecule has 2 unspecified atom stereocenters. The van der Waals surface area contributed by atoms with Gasteiger partial charge >= 0.3 is 5.97 Å². The monoisotopic (exact) mass is 228 g/mol. The van der Waals surface area contributed by atoms with Gasteiger partial charge in [0.2, 0.25) is 0 Å². The highest BCUT2D eigenvalue weighted by molar-refractivity contribution is 5.74. The van der Waals surface area contributed by atoms with Crippen molar-refractivity contribution in [3.63, 3.8) is 0 Å². The molecule has 0 amide bonds. The first kappa shape index (κ1) is 11.9. The van der Waals surface area contributed by atoms with E-state index in [2.05, 4.69) is 0 Å². The Bertz CT molecular complexity index is 254. The summed E-state index contributed by atoms with van der Waals surface area (Å²) in [6, 6.07) is 0. The van der Waals surface area contributed by atoms with Gasteiger partial charge in [0.1, 0.15) is 0 Å². The first-order valence-electron chi connectivity index (χ1n) is 6.16. The van der Waals surface area contributed by atoms with Crippen molar-refractivity contribution in [2.24, 2.45) is 5.92 Å².